The Morgan fingerprint density at radius 1 is 1.05 bits per heavy atom. The van der Waals surface area contributed by atoms with Gasteiger partial charge in [-0.05, 0) is 13.8 Å². The molecule has 0 radical (unpaired) electrons. The van der Waals surface area contributed by atoms with Gasteiger partial charge in [0.05, 0.1) is 0 Å². The van der Waals surface area contributed by atoms with Crippen LogP contribution in [-0.2, 0) is 27.6 Å². The first-order chi connectivity index (χ1) is 8.54. The Bertz CT molecular complexity index is 450. The molecule has 0 rings (SSSR count). The Morgan fingerprint density at radius 3 is 1.35 bits per heavy atom. The minimum absolute atomic E-state index is 0.634. The summed E-state index contributed by atoms with van der Waals surface area (Å²) in [5, 5.41) is 0. The van der Waals surface area contributed by atoms with E-state index in [1.807, 2.05) is 0 Å². The Kier molecular flexibility index (Phi) is 15.8. The second-order valence-corrected chi connectivity index (χ2v) is 7.99. The van der Waals surface area contributed by atoms with Crippen molar-refractivity contribution in [2.75, 3.05) is 0 Å². The third-order valence-corrected chi connectivity index (χ3v) is 1.61. The summed E-state index contributed by atoms with van der Waals surface area (Å²) in [7, 11) is 0.574. The predicted octanol–water partition coefficient (Wildman–Crippen LogP) is 3.05. The highest BCUT2D eigenvalue weighted by molar-refractivity contribution is 8.10. The molecule has 0 aromatic rings. The maximum Gasteiger partial charge on any atom is 0.405 e. The minimum atomic E-state index is -4.19. The lowest BCUT2D eigenvalue weighted by Gasteiger charge is -1.97. The smallest absolute Gasteiger partial charge is 0.405 e. The summed E-state index contributed by atoms with van der Waals surface area (Å²) in [6.07, 6.45) is 0. The second-order valence-electron chi connectivity index (χ2n) is 2.34. The van der Waals surface area contributed by atoms with Gasteiger partial charge in [0.25, 0.3) is 0 Å². The maximum absolute atomic E-state index is 9.90. The van der Waals surface area contributed by atoms with Crippen molar-refractivity contribution < 1.29 is 35.1 Å². The van der Waals surface area contributed by atoms with Crippen molar-refractivity contribution in [2.45, 2.75) is 25.0 Å². The van der Waals surface area contributed by atoms with Crippen molar-refractivity contribution >= 4 is 80.3 Å². The summed E-state index contributed by atoms with van der Waals surface area (Å²) in [6, 6.07) is 0. The largest absolute Gasteiger partial charge is 0.434 e. The van der Waals surface area contributed by atoms with Gasteiger partial charge in [0, 0.05) is 33.0 Å². The van der Waals surface area contributed by atoms with Crippen LogP contribution in [0.1, 0.15) is 13.8 Å². The molecule has 1 N–H and O–H groups in total. The molecule has 0 bridgehead atoms. The summed E-state index contributed by atoms with van der Waals surface area (Å²) < 4.78 is 53.0. The van der Waals surface area contributed by atoms with Crippen molar-refractivity contribution in [2.24, 2.45) is 0 Å². The van der Waals surface area contributed by atoms with Crippen molar-refractivity contribution in [1.82, 2.24) is 0 Å². The molecule has 0 fully saturated rings. The highest BCUT2D eigenvalue weighted by atomic mass is 35.7. The fourth-order valence-electron chi connectivity index (χ4n) is 0.286. The number of halogens is 5. The van der Waals surface area contributed by atoms with E-state index in [-0.39, 0.29) is 0 Å². The van der Waals surface area contributed by atoms with Gasteiger partial charge in [0.2, 0.25) is 0 Å². The maximum atomic E-state index is 9.90. The quantitative estimate of drug-likeness (QED) is 0.405. The number of hydrogen-bond donors (Lipinski definition) is 1. The molecular formula is C5H9Cl5O8S2. The lowest BCUT2D eigenvalue weighted by molar-refractivity contribution is 0.166. The van der Waals surface area contributed by atoms with E-state index in [4.69, 9.17) is 47.8 Å². The van der Waals surface area contributed by atoms with Crippen molar-refractivity contribution in [3.05, 3.63) is 0 Å². The molecule has 0 heterocycles. The van der Waals surface area contributed by atoms with Gasteiger partial charge in [-0.3, -0.25) is 4.55 Å². The number of hydrogen-bond acceptors (Lipinski definition) is 7. The molecule has 0 aliphatic heterocycles. The zero-order chi connectivity index (χ0) is 17.1. The monoisotopic (exact) mass is 436 g/mol. The van der Waals surface area contributed by atoms with E-state index in [1.54, 1.807) is 0 Å². The van der Waals surface area contributed by atoms with Gasteiger partial charge in [-0.15, -0.1) is 0 Å². The van der Waals surface area contributed by atoms with Crippen LogP contribution >= 0.6 is 56.2 Å². The van der Waals surface area contributed by atoms with E-state index in [0.29, 0.717) is 0 Å². The van der Waals surface area contributed by atoms with Crippen LogP contribution in [-0.4, -0.2) is 37.9 Å². The van der Waals surface area contributed by atoms with E-state index >= 15 is 0 Å². The van der Waals surface area contributed by atoms with Gasteiger partial charge in [-0.25, -0.2) is 8.98 Å². The van der Waals surface area contributed by atoms with Gasteiger partial charge in [0.15, 0.2) is 5.56 Å². The van der Waals surface area contributed by atoms with Crippen molar-refractivity contribution in [3.8, 4) is 0 Å². The summed E-state index contributed by atoms with van der Waals surface area (Å²) in [6.45, 7) is 2.85. The standard InChI is InChI=1S/C3H4Cl2O2.C2H4Cl2O3S.ClHO3S/c1-2(4)7-3(5)6;1-2(3)7-8(4,5)6;1-5(2,3)4/h2H,1H3;2H,1H3;(H,2,3,4). The average Bonchev–Trinajstić information content (AvgIpc) is 1.90. The van der Waals surface area contributed by atoms with Crippen LogP contribution in [0.5, 0.6) is 0 Å². The molecule has 20 heavy (non-hydrogen) atoms. The highest BCUT2D eigenvalue weighted by Gasteiger charge is 2.07. The van der Waals surface area contributed by atoms with E-state index < -0.39 is 35.2 Å². The van der Waals surface area contributed by atoms with E-state index in [0.717, 1.165) is 0 Å². The number of carbonyl (C=O) groups is 1. The lowest BCUT2D eigenvalue weighted by atomic mass is 10.9. The SMILES string of the molecule is CC(Cl)OC(=O)Cl.CC(Cl)OS(=O)(=O)Cl.O=S(=O)(O)Cl. The number of ether oxygens (including phenoxy) is 1. The summed E-state index contributed by atoms with van der Waals surface area (Å²) in [5.74, 6) is 0. The zero-order valence-corrected chi connectivity index (χ0v) is 15.1. The predicted molar refractivity (Wildman–Crippen MR) is 76.2 cm³/mol. The van der Waals surface area contributed by atoms with Gasteiger partial charge in [-0.2, -0.15) is 16.8 Å². The number of carbonyl (C=O) groups excluding carboxylic acids is 1. The molecule has 0 amide bonds. The first kappa shape index (κ1) is 25.7. The molecule has 8 nitrogen and oxygen atoms in total. The van der Waals surface area contributed by atoms with Crippen LogP contribution < -0.4 is 0 Å². The van der Waals surface area contributed by atoms with Crippen LogP contribution in [0.3, 0.4) is 0 Å². The normalized spacial score (nSPS) is 13.8. The van der Waals surface area contributed by atoms with E-state index in [1.165, 1.54) is 13.8 Å². The molecular weight excluding hydrogens is 429 g/mol. The third kappa shape index (κ3) is 62.2. The highest BCUT2D eigenvalue weighted by Crippen LogP contribution is 2.05. The average molecular weight is 439 g/mol. The molecule has 0 aliphatic carbocycles. The molecule has 0 aliphatic rings. The summed E-state index contributed by atoms with van der Waals surface area (Å²) >= 11 is 14.9. The van der Waals surface area contributed by atoms with Crippen LogP contribution in [0.4, 0.5) is 4.79 Å². The lowest BCUT2D eigenvalue weighted by Crippen LogP contribution is -2.02. The van der Waals surface area contributed by atoms with Crippen LogP contribution in [0.15, 0.2) is 0 Å². The van der Waals surface area contributed by atoms with Crippen molar-refractivity contribution in [3.63, 3.8) is 0 Å². The van der Waals surface area contributed by atoms with E-state index in [9.17, 15) is 13.2 Å². The van der Waals surface area contributed by atoms with Gasteiger partial charge >= 0.3 is 24.1 Å². The first-order valence-electron chi connectivity index (χ1n) is 3.98. The third-order valence-electron chi connectivity index (χ3n) is 0.503. The van der Waals surface area contributed by atoms with Crippen molar-refractivity contribution in [1.29, 1.82) is 0 Å². The summed E-state index contributed by atoms with van der Waals surface area (Å²) in [4.78, 5) is 9.71. The van der Waals surface area contributed by atoms with Gasteiger partial charge in [-0.1, -0.05) is 23.2 Å². The molecule has 0 aromatic heterocycles. The number of rotatable bonds is 3. The van der Waals surface area contributed by atoms with Crippen LogP contribution in [0, 0.1) is 0 Å². The Hall–Kier alpha value is 0.740. The topological polar surface area (TPSA) is 124 Å². The van der Waals surface area contributed by atoms with Gasteiger partial charge < -0.3 is 4.74 Å². The number of alkyl halides is 2. The molecule has 0 spiro atoms. The molecule has 0 aromatic carbocycles. The Labute approximate surface area is 140 Å². The molecule has 0 saturated carbocycles. The zero-order valence-electron chi connectivity index (χ0n) is 9.67. The Balaban J connectivity index is -0.000000223. The fraction of sp³-hybridized carbons (Fsp3) is 0.800. The van der Waals surface area contributed by atoms with Crippen LogP contribution in [0.2, 0.25) is 0 Å². The van der Waals surface area contributed by atoms with Gasteiger partial charge in [0.1, 0.15) is 5.56 Å². The van der Waals surface area contributed by atoms with Crippen LogP contribution in [0.25, 0.3) is 0 Å². The first-order valence-corrected chi connectivity index (χ1v) is 9.74. The summed E-state index contributed by atoms with van der Waals surface area (Å²) in [5.41, 5.74) is -2.41. The molecule has 124 valence electrons. The molecule has 2 unspecified atom stereocenters. The fourth-order valence-corrected chi connectivity index (χ4v) is 1.59. The second kappa shape index (κ2) is 12.3. The minimum Gasteiger partial charge on any atom is -0.434 e. The Morgan fingerprint density at radius 2 is 1.35 bits per heavy atom. The molecule has 2 atom stereocenters. The molecule has 0 saturated heterocycles. The van der Waals surface area contributed by atoms with E-state index in [2.05, 4.69) is 30.3 Å². The molecule has 15 heteroatoms.